The molecule has 0 bridgehead atoms. The monoisotopic (exact) mass is 326 g/mol. The van der Waals surface area contributed by atoms with Crippen molar-refractivity contribution in [1.82, 2.24) is 5.32 Å². The molecular formula is C16H17F3N2O2. The summed E-state index contributed by atoms with van der Waals surface area (Å²) in [5.41, 5.74) is -0.421. The molecular weight excluding hydrogens is 309 g/mol. The van der Waals surface area contributed by atoms with Gasteiger partial charge in [0, 0.05) is 6.04 Å². The molecule has 2 fully saturated rings. The zero-order chi connectivity index (χ0) is 16.6. The van der Waals surface area contributed by atoms with E-state index >= 15 is 0 Å². The van der Waals surface area contributed by atoms with Crippen molar-refractivity contribution < 1.29 is 22.8 Å². The molecule has 2 aliphatic rings. The number of benzene rings is 1. The molecule has 2 amide bonds. The van der Waals surface area contributed by atoms with Gasteiger partial charge in [0.1, 0.15) is 0 Å². The van der Waals surface area contributed by atoms with Gasteiger partial charge >= 0.3 is 0 Å². The highest BCUT2D eigenvalue weighted by atomic mass is 19.2. The number of nitrogens with one attached hydrogen (secondary N) is 2. The van der Waals surface area contributed by atoms with Crippen LogP contribution < -0.4 is 10.6 Å². The summed E-state index contributed by atoms with van der Waals surface area (Å²) in [5.74, 6) is -6.09. The Balaban J connectivity index is 1.56. The highest BCUT2D eigenvalue weighted by Crippen LogP contribution is 2.40. The highest BCUT2D eigenvalue weighted by Gasteiger charge is 2.48. The largest absolute Gasteiger partial charge is 0.353 e. The maximum atomic E-state index is 13.5. The molecule has 7 heteroatoms. The molecule has 2 aliphatic carbocycles. The standard InChI is InChI=1S/C16H17F3N2O2/c17-11-5-6-12(14(19)13(11)18)21-16(23)10-7-9(10)15(22)20-8-3-1-2-4-8/h5-6,8-10H,1-4,7H2,(H,20,22)(H,21,23). The number of hydrogen-bond acceptors (Lipinski definition) is 2. The maximum absolute atomic E-state index is 13.5. The van der Waals surface area contributed by atoms with Crippen LogP contribution in [0, 0.1) is 29.3 Å². The first-order valence-electron chi connectivity index (χ1n) is 7.72. The van der Waals surface area contributed by atoms with Crippen LogP contribution in [0.5, 0.6) is 0 Å². The second kappa shape index (κ2) is 6.22. The van der Waals surface area contributed by atoms with Crippen molar-refractivity contribution in [3.05, 3.63) is 29.6 Å². The van der Waals surface area contributed by atoms with Gasteiger partial charge in [0.25, 0.3) is 0 Å². The molecule has 1 aromatic rings. The van der Waals surface area contributed by atoms with E-state index in [1.54, 1.807) is 0 Å². The Hall–Kier alpha value is -2.05. The van der Waals surface area contributed by atoms with Crippen LogP contribution in [0.4, 0.5) is 18.9 Å². The third-order valence-electron chi connectivity index (χ3n) is 4.46. The molecule has 124 valence electrons. The lowest BCUT2D eigenvalue weighted by atomic mass is 10.2. The third-order valence-corrected chi connectivity index (χ3v) is 4.46. The quantitative estimate of drug-likeness (QED) is 0.836. The van der Waals surface area contributed by atoms with E-state index in [9.17, 15) is 22.8 Å². The first-order valence-corrected chi connectivity index (χ1v) is 7.72. The lowest BCUT2D eigenvalue weighted by Crippen LogP contribution is -2.34. The molecule has 0 radical (unpaired) electrons. The van der Waals surface area contributed by atoms with Gasteiger partial charge in [0.05, 0.1) is 17.5 Å². The molecule has 0 saturated heterocycles. The first-order chi connectivity index (χ1) is 11.0. The minimum atomic E-state index is -1.63. The molecule has 23 heavy (non-hydrogen) atoms. The second-order valence-electron chi connectivity index (χ2n) is 6.15. The molecule has 0 heterocycles. The average Bonchev–Trinajstić information content (AvgIpc) is 3.18. The van der Waals surface area contributed by atoms with Crippen LogP contribution in [-0.2, 0) is 9.59 Å². The van der Waals surface area contributed by atoms with Crippen molar-refractivity contribution in [2.24, 2.45) is 11.8 Å². The SMILES string of the molecule is O=C(Nc1ccc(F)c(F)c1F)C1CC1C(=O)NC1CCCC1. The lowest BCUT2D eigenvalue weighted by molar-refractivity contribution is -0.125. The number of anilines is 1. The van der Waals surface area contributed by atoms with Crippen LogP contribution in [0.25, 0.3) is 0 Å². The molecule has 0 aromatic heterocycles. The van der Waals surface area contributed by atoms with Crippen molar-refractivity contribution in [3.8, 4) is 0 Å². The molecule has 2 saturated carbocycles. The van der Waals surface area contributed by atoms with E-state index in [1.165, 1.54) is 0 Å². The van der Waals surface area contributed by atoms with E-state index < -0.39 is 40.9 Å². The zero-order valence-corrected chi connectivity index (χ0v) is 12.4. The summed E-state index contributed by atoms with van der Waals surface area (Å²) in [5, 5.41) is 5.13. The van der Waals surface area contributed by atoms with Crippen molar-refractivity contribution in [1.29, 1.82) is 0 Å². The van der Waals surface area contributed by atoms with Crippen LogP contribution >= 0.6 is 0 Å². The maximum Gasteiger partial charge on any atom is 0.228 e. The van der Waals surface area contributed by atoms with Gasteiger partial charge in [-0.3, -0.25) is 9.59 Å². The minimum absolute atomic E-state index is 0.164. The van der Waals surface area contributed by atoms with Gasteiger partial charge in [0.2, 0.25) is 11.8 Å². The topological polar surface area (TPSA) is 58.2 Å². The predicted molar refractivity (Wildman–Crippen MR) is 76.9 cm³/mol. The van der Waals surface area contributed by atoms with Gasteiger partial charge in [-0.25, -0.2) is 13.2 Å². The Morgan fingerprint density at radius 2 is 1.61 bits per heavy atom. The van der Waals surface area contributed by atoms with Gasteiger partial charge in [0.15, 0.2) is 17.5 Å². The average molecular weight is 326 g/mol. The fourth-order valence-electron chi connectivity index (χ4n) is 3.00. The number of hydrogen-bond donors (Lipinski definition) is 2. The zero-order valence-electron chi connectivity index (χ0n) is 12.4. The summed E-state index contributed by atoms with van der Waals surface area (Å²) in [7, 11) is 0. The highest BCUT2D eigenvalue weighted by molar-refractivity contribution is 5.99. The Labute approximate surface area is 131 Å². The van der Waals surface area contributed by atoms with Crippen molar-refractivity contribution >= 4 is 17.5 Å². The van der Waals surface area contributed by atoms with E-state index in [1.807, 2.05) is 0 Å². The summed E-state index contributed by atoms with van der Waals surface area (Å²) in [6.07, 6.45) is 4.48. The summed E-state index contributed by atoms with van der Waals surface area (Å²) in [6.45, 7) is 0. The molecule has 2 N–H and O–H groups in total. The number of halogens is 3. The van der Waals surface area contributed by atoms with Gasteiger partial charge in [-0.05, 0) is 31.4 Å². The Bertz CT molecular complexity index is 644. The molecule has 0 spiro atoms. The van der Waals surface area contributed by atoms with Crippen LogP contribution in [0.3, 0.4) is 0 Å². The van der Waals surface area contributed by atoms with Crippen molar-refractivity contribution in [2.45, 2.75) is 38.1 Å². The smallest absolute Gasteiger partial charge is 0.228 e. The summed E-state index contributed by atoms with van der Waals surface area (Å²) >= 11 is 0. The molecule has 3 rings (SSSR count). The van der Waals surface area contributed by atoms with Crippen LogP contribution in [0.1, 0.15) is 32.1 Å². The minimum Gasteiger partial charge on any atom is -0.353 e. The number of carbonyl (C=O) groups is 2. The van der Waals surface area contributed by atoms with E-state index in [-0.39, 0.29) is 11.9 Å². The fraction of sp³-hybridized carbons (Fsp3) is 0.500. The summed E-state index contributed by atoms with van der Waals surface area (Å²) in [6, 6.07) is 1.88. The summed E-state index contributed by atoms with van der Waals surface area (Å²) < 4.78 is 39.5. The number of carbonyl (C=O) groups excluding carboxylic acids is 2. The van der Waals surface area contributed by atoms with E-state index in [0.717, 1.165) is 37.8 Å². The van der Waals surface area contributed by atoms with E-state index in [4.69, 9.17) is 0 Å². The Morgan fingerprint density at radius 1 is 0.957 bits per heavy atom. The van der Waals surface area contributed by atoms with Crippen LogP contribution in [-0.4, -0.2) is 17.9 Å². The molecule has 4 nitrogen and oxygen atoms in total. The molecule has 2 unspecified atom stereocenters. The molecule has 2 atom stereocenters. The normalized spacial score (nSPS) is 23.6. The second-order valence-corrected chi connectivity index (χ2v) is 6.15. The Morgan fingerprint density at radius 3 is 2.30 bits per heavy atom. The van der Waals surface area contributed by atoms with E-state index in [2.05, 4.69) is 10.6 Å². The van der Waals surface area contributed by atoms with E-state index in [0.29, 0.717) is 6.42 Å². The molecule has 0 aliphatic heterocycles. The van der Waals surface area contributed by atoms with Crippen molar-refractivity contribution in [2.75, 3.05) is 5.32 Å². The Kier molecular flexibility index (Phi) is 4.28. The fourth-order valence-corrected chi connectivity index (χ4v) is 3.00. The van der Waals surface area contributed by atoms with Gasteiger partial charge < -0.3 is 10.6 Å². The van der Waals surface area contributed by atoms with Gasteiger partial charge in [-0.1, -0.05) is 12.8 Å². The van der Waals surface area contributed by atoms with Crippen molar-refractivity contribution in [3.63, 3.8) is 0 Å². The number of amides is 2. The first kappa shape index (κ1) is 15.8. The summed E-state index contributed by atoms with van der Waals surface area (Å²) in [4.78, 5) is 24.0. The predicted octanol–water partition coefficient (Wildman–Crippen LogP) is 2.74. The van der Waals surface area contributed by atoms with Gasteiger partial charge in [-0.15, -0.1) is 0 Å². The van der Waals surface area contributed by atoms with Gasteiger partial charge in [-0.2, -0.15) is 0 Å². The third kappa shape index (κ3) is 3.33. The van der Waals surface area contributed by atoms with Crippen LogP contribution in [0.2, 0.25) is 0 Å². The van der Waals surface area contributed by atoms with Crippen LogP contribution in [0.15, 0.2) is 12.1 Å². The molecule has 1 aromatic carbocycles. The lowest BCUT2D eigenvalue weighted by Gasteiger charge is -2.11. The number of rotatable bonds is 4.